The summed E-state index contributed by atoms with van der Waals surface area (Å²) in [6.07, 6.45) is 9.95. The van der Waals surface area contributed by atoms with Gasteiger partial charge in [0.15, 0.2) is 0 Å². The fourth-order valence-electron chi connectivity index (χ4n) is 5.04. The minimum Gasteiger partial charge on any atom is -0.376 e. The van der Waals surface area contributed by atoms with E-state index >= 15 is 0 Å². The van der Waals surface area contributed by atoms with Gasteiger partial charge in [-0.2, -0.15) is 0 Å². The Bertz CT molecular complexity index is 529. The molecule has 0 aromatic rings. The predicted molar refractivity (Wildman–Crippen MR) is 105 cm³/mol. The molecular formula is C20H33ClFN3O. The van der Waals surface area contributed by atoms with Crippen molar-refractivity contribution in [1.82, 2.24) is 4.90 Å². The van der Waals surface area contributed by atoms with Crippen molar-refractivity contribution in [1.29, 1.82) is 0 Å². The zero-order valence-electron chi connectivity index (χ0n) is 15.8. The van der Waals surface area contributed by atoms with Crippen LogP contribution >= 0.6 is 11.6 Å². The minimum absolute atomic E-state index is 0.0536. The van der Waals surface area contributed by atoms with E-state index in [1.807, 2.05) is 13.8 Å². The molecule has 0 radical (unpaired) electrons. The van der Waals surface area contributed by atoms with Gasteiger partial charge in [-0.05, 0) is 68.9 Å². The number of alkyl halides is 2. The average Bonchev–Trinajstić information content (AvgIpc) is 2.64. The van der Waals surface area contributed by atoms with Crippen molar-refractivity contribution in [3.05, 3.63) is 12.2 Å². The first-order valence-electron chi connectivity index (χ1n) is 10.1. The van der Waals surface area contributed by atoms with Gasteiger partial charge in [0, 0.05) is 12.6 Å². The lowest BCUT2D eigenvalue weighted by atomic mass is 9.70. The highest BCUT2D eigenvalue weighted by molar-refractivity contribution is 6.19. The highest BCUT2D eigenvalue weighted by Crippen LogP contribution is 2.40. The first kappa shape index (κ1) is 20.2. The number of piperidine rings is 1. The summed E-state index contributed by atoms with van der Waals surface area (Å²) in [5.74, 6) is 1.35. The Balaban J connectivity index is 1.74. The lowest BCUT2D eigenvalue weighted by Crippen LogP contribution is -2.56. The maximum absolute atomic E-state index is 13.8. The van der Waals surface area contributed by atoms with E-state index in [1.165, 1.54) is 0 Å². The van der Waals surface area contributed by atoms with Crippen LogP contribution in [0.15, 0.2) is 17.1 Å². The molecule has 148 valence electrons. The summed E-state index contributed by atoms with van der Waals surface area (Å²) in [5.41, 5.74) is 5.38. The van der Waals surface area contributed by atoms with E-state index in [0.29, 0.717) is 17.8 Å². The second-order valence-electron chi connectivity index (χ2n) is 8.48. The van der Waals surface area contributed by atoms with Crippen molar-refractivity contribution in [3.63, 3.8) is 0 Å². The van der Waals surface area contributed by atoms with Crippen molar-refractivity contribution in [2.75, 3.05) is 6.54 Å². The molecule has 0 spiro atoms. The molecule has 9 atom stereocenters. The summed E-state index contributed by atoms with van der Waals surface area (Å²) in [5, 5.41) is 9.80. The standard InChI is InChI=1S/C20H33ClFN3O/c1-12-10-14(5-7-17(12)22)19-16(4-3-9-24-19)15-6-8-18(23)25(11-15)13(2)20(21)26/h5,7,9,12-20,26H,3-4,6,8,10-11,23H2,1-2H3/t12?,13?,14?,15-,16+,17?,18?,19?,20?/m1/s1. The molecule has 3 N–H and O–H groups in total. The summed E-state index contributed by atoms with van der Waals surface area (Å²) in [7, 11) is 0. The Labute approximate surface area is 161 Å². The first-order valence-corrected chi connectivity index (χ1v) is 10.5. The fraction of sp³-hybridized carbons (Fsp3) is 0.850. The Morgan fingerprint density at radius 2 is 2.08 bits per heavy atom. The highest BCUT2D eigenvalue weighted by atomic mass is 35.5. The maximum atomic E-state index is 13.8. The normalized spacial score (nSPS) is 44.0. The van der Waals surface area contributed by atoms with Gasteiger partial charge in [-0.3, -0.25) is 9.89 Å². The SMILES string of the molecule is CC1CC(C2N=CCC[C@H]2[C@@H]2CCC(N)N(C(C)C(O)Cl)C2)C=CC1F. The molecule has 0 aromatic carbocycles. The molecular weight excluding hydrogens is 353 g/mol. The summed E-state index contributed by atoms with van der Waals surface area (Å²) in [6.45, 7) is 4.78. The molecule has 3 rings (SSSR count). The van der Waals surface area contributed by atoms with Crippen molar-refractivity contribution < 1.29 is 9.50 Å². The van der Waals surface area contributed by atoms with Gasteiger partial charge in [0.05, 0.1) is 12.2 Å². The van der Waals surface area contributed by atoms with E-state index < -0.39 is 11.7 Å². The zero-order valence-corrected chi connectivity index (χ0v) is 16.6. The van der Waals surface area contributed by atoms with Crippen LogP contribution in [0.2, 0.25) is 0 Å². The van der Waals surface area contributed by atoms with Gasteiger partial charge in [0.2, 0.25) is 0 Å². The van der Waals surface area contributed by atoms with Crippen LogP contribution in [-0.4, -0.2) is 52.8 Å². The summed E-state index contributed by atoms with van der Waals surface area (Å²) < 4.78 is 13.8. The monoisotopic (exact) mass is 385 g/mol. The lowest BCUT2D eigenvalue weighted by molar-refractivity contribution is 0.00857. The molecule has 2 heterocycles. The van der Waals surface area contributed by atoms with E-state index in [4.69, 9.17) is 22.3 Å². The van der Waals surface area contributed by atoms with Crippen LogP contribution in [0.3, 0.4) is 0 Å². The third kappa shape index (κ3) is 4.32. The van der Waals surface area contributed by atoms with Gasteiger partial charge in [-0.1, -0.05) is 30.7 Å². The molecule has 26 heavy (non-hydrogen) atoms. The van der Waals surface area contributed by atoms with E-state index in [2.05, 4.69) is 17.2 Å². The Morgan fingerprint density at radius 1 is 1.31 bits per heavy atom. The van der Waals surface area contributed by atoms with Crippen LogP contribution in [0.4, 0.5) is 4.39 Å². The number of halogens is 2. The van der Waals surface area contributed by atoms with Gasteiger partial charge >= 0.3 is 0 Å². The molecule has 2 aliphatic heterocycles. The number of aliphatic hydroxyl groups is 1. The average molecular weight is 386 g/mol. The molecule has 0 saturated carbocycles. The molecule has 3 aliphatic rings. The Morgan fingerprint density at radius 3 is 2.77 bits per heavy atom. The first-order chi connectivity index (χ1) is 12.4. The van der Waals surface area contributed by atoms with Gasteiger partial charge in [0.1, 0.15) is 11.7 Å². The smallest absolute Gasteiger partial charge is 0.143 e. The molecule has 0 bridgehead atoms. The number of aliphatic imine (C=N–C) groups is 1. The molecule has 1 aliphatic carbocycles. The number of aliphatic hydroxyl groups excluding tert-OH is 1. The second-order valence-corrected chi connectivity index (χ2v) is 8.93. The lowest BCUT2D eigenvalue weighted by Gasteiger charge is -2.47. The summed E-state index contributed by atoms with van der Waals surface area (Å²) in [6, 6.07) is 0.0641. The van der Waals surface area contributed by atoms with Crippen LogP contribution in [0.25, 0.3) is 0 Å². The molecule has 4 nitrogen and oxygen atoms in total. The fourth-order valence-corrected chi connectivity index (χ4v) is 5.19. The molecule has 1 saturated heterocycles. The summed E-state index contributed by atoms with van der Waals surface area (Å²) in [4.78, 5) is 7.02. The van der Waals surface area contributed by atoms with Crippen LogP contribution < -0.4 is 5.73 Å². The zero-order chi connectivity index (χ0) is 18.8. The molecule has 1 fully saturated rings. The minimum atomic E-state index is -0.913. The van der Waals surface area contributed by atoms with Gasteiger partial charge in [-0.25, -0.2) is 4.39 Å². The topological polar surface area (TPSA) is 61.8 Å². The predicted octanol–water partition coefficient (Wildman–Crippen LogP) is 3.33. The quantitative estimate of drug-likeness (QED) is 0.576. The number of hydrogen-bond donors (Lipinski definition) is 2. The van der Waals surface area contributed by atoms with E-state index in [0.717, 1.165) is 38.6 Å². The molecule has 0 amide bonds. The number of rotatable bonds is 4. The second kappa shape index (κ2) is 8.68. The molecule has 6 heteroatoms. The Hall–Kier alpha value is -0.490. The van der Waals surface area contributed by atoms with Crippen LogP contribution in [0, 0.1) is 23.7 Å². The number of hydrogen-bond acceptors (Lipinski definition) is 4. The third-order valence-corrected chi connectivity index (χ3v) is 7.11. The van der Waals surface area contributed by atoms with E-state index in [1.54, 1.807) is 6.08 Å². The van der Waals surface area contributed by atoms with Crippen molar-refractivity contribution in [2.24, 2.45) is 34.4 Å². The van der Waals surface area contributed by atoms with Crippen LogP contribution in [0.1, 0.15) is 46.0 Å². The van der Waals surface area contributed by atoms with Crippen molar-refractivity contribution in [2.45, 2.75) is 75.9 Å². The highest BCUT2D eigenvalue weighted by Gasteiger charge is 2.41. The molecule has 7 unspecified atom stereocenters. The number of likely N-dealkylation sites (tertiary alicyclic amines) is 1. The van der Waals surface area contributed by atoms with Gasteiger partial charge < -0.3 is 10.8 Å². The van der Waals surface area contributed by atoms with Crippen LogP contribution in [-0.2, 0) is 0 Å². The van der Waals surface area contributed by atoms with Crippen LogP contribution in [0.5, 0.6) is 0 Å². The van der Waals surface area contributed by atoms with Crippen molar-refractivity contribution in [3.8, 4) is 0 Å². The molecule has 0 aromatic heterocycles. The van der Waals surface area contributed by atoms with E-state index in [-0.39, 0.29) is 24.2 Å². The Kier molecular flexibility index (Phi) is 6.76. The number of nitrogens with two attached hydrogens (primary N) is 1. The third-order valence-electron chi connectivity index (χ3n) is 6.74. The van der Waals surface area contributed by atoms with E-state index in [9.17, 15) is 9.50 Å². The maximum Gasteiger partial charge on any atom is 0.143 e. The number of nitrogens with zero attached hydrogens (tertiary/aromatic N) is 2. The summed E-state index contributed by atoms with van der Waals surface area (Å²) >= 11 is 5.93. The van der Waals surface area contributed by atoms with Gasteiger partial charge in [-0.15, -0.1) is 0 Å². The largest absolute Gasteiger partial charge is 0.376 e. The number of allylic oxidation sites excluding steroid dienone is 1. The van der Waals surface area contributed by atoms with Gasteiger partial charge in [0.25, 0.3) is 0 Å². The van der Waals surface area contributed by atoms with Crippen molar-refractivity contribution >= 4 is 17.8 Å².